The lowest BCUT2D eigenvalue weighted by Crippen LogP contribution is -2.38. The van der Waals surface area contributed by atoms with E-state index >= 15 is 0 Å². The highest BCUT2D eigenvalue weighted by atomic mass is 16.2. The van der Waals surface area contributed by atoms with E-state index in [1.807, 2.05) is 75.3 Å². The number of carbonyl (C=O) groups excluding carboxylic acids is 1. The number of hydrogen-bond acceptors (Lipinski definition) is 3. The third kappa shape index (κ3) is 4.15. The molecule has 3 aromatic rings. The minimum Gasteiger partial charge on any atom is -0.354 e. The van der Waals surface area contributed by atoms with Gasteiger partial charge in [0.2, 0.25) is 5.91 Å². The Balaban J connectivity index is 1.72. The number of nitrogens with zero attached hydrogens (tertiary/aromatic N) is 1. The highest BCUT2D eigenvalue weighted by Gasteiger charge is 2.22. The van der Waals surface area contributed by atoms with Gasteiger partial charge in [0.25, 0.3) is 5.56 Å². The van der Waals surface area contributed by atoms with E-state index in [9.17, 15) is 9.59 Å². The third-order valence-electron chi connectivity index (χ3n) is 5.20. The number of fused-ring (bicyclic) bond motifs is 1. The number of pyridine rings is 1. The normalized spacial score (nSPS) is 12.3. The molecule has 1 aromatic heterocycles. The summed E-state index contributed by atoms with van der Waals surface area (Å²) >= 11 is 0. The van der Waals surface area contributed by atoms with Gasteiger partial charge in [-0.3, -0.25) is 14.5 Å². The lowest BCUT2D eigenvalue weighted by Gasteiger charge is -2.23. The molecule has 0 aliphatic heterocycles. The fourth-order valence-corrected chi connectivity index (χ4v) is 3.49. The number of aromatic nitrogens is 1. The second-order valence-electron chi connectivity index (χ2n) is 7.41. The first kappa shape index (κ1) is 19.8. The van der Waals surface area contributed by atoms with Gasteiger partial charge in [0.1, 0.15) is 6.04 Å². The zero-order chi connectivity index (χ0) is 20.3. The lowest BCUT2D eigenvalue weighted by molar-refractivity contribution is -0.125. The van der Waals surface area contributed by atoms with E-state index in [-0.39, 0.29) is 17.5 Å². The molecule has 0 aliphatic carbocycles. The van der Waals surface area contributed by atoms with Crippen LogP contribution in [0.3, 0.4) is 0 Å². The van der Waals surface area contributed by atoms with E-state index in [1.54, 1.807) is 0 Å². The number of H-pyrrole nitrogens is 1. The monoisotopic (exact) mass is 377 g/mol. The van der Waals surface area contributed by atoms with Crippen molar-refractivity contribution in [3.8, 4) is 0 Å². The number of benzene rings is 2. The van der Waals surface area contributed by atoms with Crippen molar-refractivity contribution in [2.45, 2.75) is 26.3 Å². The van der Waals surface area contributed by atoms with Crippen LogP contribution in [0.25, 0.3) is 10.9 Å². The summed E-state index contributed by atoms with van der Waals surface area (Å²) in [6, 6.07) is 15.3. The van der Waals surface area contributed by atoms with Crippen LogP contribution in [0.15, 0.2) is 53.3 Å². The molecular weight excluding hydrogens is 350 g/mol. The highest BCUT2D eigenvalue weighted by molar-refractivity contribution is 5.84. The fraction of sp³-hybridized carbons (Fsp3) is 0.304. The summed E-state index contributed by atoms with van der Waals surface area (Å²) in [6.07, 6.45) is 0.485. The molecule has 5 heteroatoms. The Morgan fingerprint density at radius 2 is 1.82 bits per heavy atom. The van der Waals surface area contributed by atoms with Gasteiger partial charge < -0.3 is 10.3 Å². The zero-order valence-electron chi connectivity index (χ0n) is 16.9. The van der Waals surface area contributed by atoms with Gasteiger partial charge in [-0.05, 0) is 62.5 Å². The molecule has 1 unspecified atom stereocenters. The van der Waals surface area contributed by atoms with Crippen LogP contribution in [0.4, 0.5) is 0 Å². The molecule has 0 radical (unpaired) electrons. The summed E-state index contributed by atoms with van der Waals surface area (Å²) in [4.78, 5) is 30.1. The summed E-state index contributed by atoms with van der Waals surface area (Å²) in [5.41, 5.74) is 4.65. The zero-order valence-corrected chi connectivity index (χ0v) is 16.9. The molecular formula is C23H27N3O2. The molecule has 0 fully saturated rings. The van der Waals surface area contributed by atoms with Gasteiger partial charge in [0.05, 0.1) is 5.52 Å². The van der Waals surface area contributed by atoms with Crippen molar-refractivity contribution in [3.05, 3.63) is 81.1 Å². The predicted molar refractivity (Wildman–Crippen MR) is 114 cm³/mol. The van der Waals surface area contributed by atoms with Crippen molar-refractivity contribution in [2.24, 2.45) is 0 Å². The predicted octanol–water partition coefficient (Wildman–Crippen LogP) is 3.11. The summed E-state index contributed by atoms with van der Waals surface area (Å²) in [5, 5.41) is 3.99. The standard InChI is InChI=1S/C23H27N3O2/c1-15-10-11-18-14-19(22(27)25-20(18)16(15)2)12-13-24-23(28)21(26(3)4)17-8-6-5-7-9-17/h5-11,14,21H,12-13H2,1-4H3,(H,24,28)(H,25,27). The molecule has 1 atom stereocenters. The van der Waals surface area contributed by atoms with E-state index in [4.69, 9.17) is 0 Å². The Hall–Kier alpha value is -2.92. The van der Waals surface area contributed by atoms with Crippen LogP contribution in [0.5, 0.6) is 0 Å². The minimum atomic E-state index is -0.360. The van der Waals surface area contributed by atoms with Crippen molar-refractivity contribution in [1.82, 2.24) is 15.2 Å². The summed E-state index contributed by atoms with van der Waals surface area (Å²) in [6.45, 7) is 4.46. The maximum atomic E-state index is 12.7. The Morgan fingerprint density at radius 3 is 2.50 bits per heavy atom. The Morgan fingerprint density at radius 1 is 1.11 bits per heavy atom. The van der Waals surface area contributed by atoms with Crippen LogP contribution in [0.1, 0.15) is 28.3 Å². The number of nitrogens with one attached hydrogen (secondary N) is 2. The number of hydrogen-bond donors (Lipinski definition) is 2. The van der Waals surface area contributed by atoms with Gasteiger partial charge in [0.15, 0.2) is 0 Å². The fourth-order valence-electron chi connectivity index (χ4n) is 3.49. The lowest BCUT2D eigenvalue weighted by atomic mass is 10.0. The molecule has 0 bridgehead atoms. The van der Waals surface area contributed by atoms with E-state index in [2.05, 4.69) is 16.4 Å². The van der Waals surface area contributed by atoms with Crippen molar-refractivity contribution in [1.29, 1.82) is 0 Å². The molecule has 5 nitrogen and oxygen atoms in total. The van der Waals surface area contributed by atoms with Crippen LogP contribution in [-0.4, -0.2) is 36.4 Å². The number of amides is 1. The third-order valence-corrected chi connectivity index (χ3v) is 5.20. The SMILES string of the molecule is Cc1ccc2cc(CCNC(=O)C(c3ccccc3)N(C)C)c(=O)[nH]c2c1C. The first-order valence-electron chi connectivity index (χ1n) is 9.49. The van der Waals surface area contributed by atoms with Crippen molar-refractivity contribution >= 4 is 16.8 Å². The molecule has 1 heterocycles. The first-order valence-corrected chi connectivity index (χ1v) is 9.49. The van der Waals surface area contributed by atoms with Crippen molar-refractivity contribution < 1.29 is 4.79 Å². The minimum absolute atomic E-state index is 0.0695. The molecule has 146 valence electrons. The van der Waals surface area contributed by atoms with Crippen LogP contribution < -0.4 is 10.9 Å². The largest absolute Gasteiger partial charge is 0.354 e. The van der Waals surface area contributed by atoms with Gasteiger partial charge >= 0.3 is 0 Å². The Labute approximate surface area is 165 Å². The molecule has 0 spiro atoms. The van der Waals surface area contributed by atoms with Crippen LogP contribution in [0, 0.1) is 13.8 Å². The molecule has 2 N–H and O–H groups in total. The number of rotatable bonds is 6. The number of aromatic amines is 1. The van der Waals surface area contributed by atoms with Gasteiger partial charge in [-0.2, -0.15) is 0 Å². The van der Waals surface area contributed by atoms with E-state index in [0.717, 1.165) is 27.6 Å². The topological polar surface area (TPSA) is 65.2 Å². The van der Waals surface area contributed by atoms with Crippen molar-refractivity contribution in [2.75, 3.05) is 20.6 Å². The number of aryl methyl sites for hydroxylation is 2. The quantitative estimate of drug-likeness (QED) is 0.694. The summed E-state index contributed by atoms with van der Waals surface area (Å²) in [7, 11) is 3.77. The average Bonchev–Trinajstić information content (AvgIpc) is 2.66. The molecule has 0 saturated carbocycles. The van der Waals surface area contributed by atoms with Crippen LogP contribution in [-0.2, 0) is 11.2 Å². The van der Waals surface area contributed by atoms with Gasteiger partial charge in [0, 0.05) is 12.1 Å². The molecule has 28 heavy (non-hydrogen) atoms. The Bertz CT molecular complexity index is 1040. The van der Waals surface area contributed by atoms with Gasteiger partial charge in [-0.15, -0.1) is 0 Å². The maximum absolute atomic E-state index is 12.7. The maximum Gasteiger partial charge on any atom is 0.251 e. The van der Waals surface area contributed by atoms with E-state index < -0.39 is 0 Å². The molecule has 0 saturated heterocycles. The average molecular weight is 377 g/mol. The Kier molecular flexibility index (Phi) is 5.95. The smallest absolute Gasteiger partial charge is 0.251 e. The van der Waals surface area contributed by atoms with Gasteiger partial charge in [-0.25, -0.2) is 0 Å². The van der Waals surface area contributed by atoms with Crippen LogP contribution in [0.2, 0.25) is 0 Å². The first-order chi connectivity index (χ1) is 13.4. The molecule has 0 aliphatic rings. The molecule has 1 amide bonds. The summed E-state index contributed by atoms with van der Waals surface area (Å²) < 4.78 is 0. The van der Waals surface area contributed by atoms with Crippen molar-refractivity contribution in [3.63, 3.8) is 0 Å². The number of carbonyl (C=O) groups is 1. The summed E-state index contributed by atoms with van der Waals surface area (Å²) in [5.74, 6) is -0.0695. The highest BCUT2D eigenvalue weighted by Crippen LogP contribution is 2.19. The second kappa shape index (κ2) is 8.40. The van der Waals surface area contributed by atoms with Crippen LogP contribution >= 0.6 is 0 Å². The molecule has 2 aromatic carbocycles. The van der Waals surface area contributed by atoms with E-state index in [1.165, 1.54) is 0 Å². The van der Waals surface area contributed by atoms with E-state index in [0.29, 0.717) is 18.5 Å². The molecule has 3 rings (SSSR count). The van der Waals surface area contributed by atoms with Gasteiger partial charge in [-0.1, -0.05) is 42.5 Å². The number of likely N-dealkylation sites (N-methyl/N-ethyl adjacent to an activating group) is 1. The second-order valence-corrected chi connectivity index (χ2v) is 7.41.